The summed E-state index contributed by atoms with van der Waals surface area (Å²) >= 11 is 0. The van der Waals surface area contributed by atoms with Crippen LogP contribution in [0.2, 0.25) is 0 Å². The van der Waals surface area contributed by atoms with Crippen LogP contribution >= 0.6 is 0 Å². The lowest BCUT2D eigenvalue weighted by molar-refractivity contribution is -0.124. The van der Waals surface area contributed by atoms with Crippen LogP contribution in [-0.2, 0) is 4.79 Å². The molecule has 0 saturated carbocycles. The Labute approximate surface area is 150 Å². The first-order valence-corrected chi connectivity index (χ1v) is 8.83. The van der Waals surface area contributed by atoms with E-state index in [1.165, 1.54) is 6.08 Å². The minimum absolute atomic E-state index is 0.0660. The maximum Gasteiger partial charge on any atom is 0.267 e. The van der Waals surface area contributed by atoms with Crippen molar-refractivity contribution in [1.82, 2.24) is 15.3 Å². The van der Waals surface area contributed by atoms with Gasteiger partial charge < -0.3 is 9.80 Å². The fraction of sp³-hybridized carbons (Fsp3) is 0.579. The molecule has 2 aliphatic heterocycles. The minimum Gasteiger partial charge on any atom is -0.327 e. The molecule has 2 rings (SSSR count). The second-order valence-electron chi connectivity index (χ2n) is 7.80. The molecule has 2 heterocycles. The summed E-state index contributed by atoms with van der Waals surface area (Å²) in [6.45, 7) is 10.9. The highest BCUT2D eigenvalue weighted by atomic mass is 16.5. The van der Waals surface area contributed by atoms with Gasteiger partial charge in [-0.3, -0.25) is 15.0 Å². The lowest BCUT2D eigenvalue weighted by Gasteiger charge is -2.36. The molecule has 0 aromatic carbocycles. The average molecular weight is 346 g/mol. The van der Waals surface area contributed by atoms with Crippen molar-refractivity contribution < 1.29 is 10.0 Å². The number of nitrogens with one attached hydrogen (secondary N) is 1. The second kappa shape index (κ2) is 7.97. The Hall–Kier alpha value is -1.92. The molecule has 0 spiro atoms. The molecule has 0 aromatic heterocycles. The molecule has 0 saturated heterocycles. The smallest absolute Gasteiger partial charge is 0.267 e. The van der Waals surface area contributed by atoms with E-state index < -0.39 is 5.91 Å². The van der Waals surface area contributed by atoms with Crippen molar-refractivity contribution in [2.24, 2.45) is 10.4 Å². The second-order valence-corrected chi connectivity index (χ2v) is 7.80. The van der Waals surface area contributed by atoms with Crippen molar-refractivity contribution in [1.29, 1.82) is 0 Å². The van der Waals surface area contributed by atoms with Gasteiger partial charge in [0.15, 0.2) is 0 Å². The predicted molar refractivity (Wildman–Crippen MR) is 100 cm³/mol. The van der Waals surface area contributed by atoms with Crippen molar-refractivity contribution in [2.75, 3.05) is 20.1 Å². The lowest BCUT2D eigenvalue weighted by atomic mass is 9.82. The van der Waals surface area contributed by atoms with Crippen molar-refractivity contribution in [3.8, 4) is 0 Å². The highest BCUT2D eigenvalue weighted by Gasteiger charge is 2.41. The van der Waals surface area contributed by atoms with E-state index in [1.807, 2.05) is 18.4 Å². The SMILES string of the molecule is CCCN(C)CC1C(C(C)(C)C)N=C2C=C(/C=C/C(=O)NO)C=CN21. The van der Waals surface area contributed by atoms with E-state index in [-0.39, 0.29) is 11.5 Å². The molecule has 2 N–H and O–H groups in total. The summed E-state index contributed by atoms with van der Waals surface area (Å²) in [6, 6.07) is 0.497. The zero-order chi connectivity index (χ0) is 18.6. The van der Waals surface area contributed by atoms with Gasteiger partial charge in [0, 0.05) is 18.8 Å². The third-order valence-corrected chi connectivity index (χ3v) is 4.51. The molecule has 0 aromatic rings. The highest BCUT2D eigenvalue weighted by Crippen LogP contribution is 2.34. The number of aliphatic imine (C=N–C) groups is 1. The van der Waals surface area contributed by atoms with Crippen molar-refractivity contribution in [3.63, 3.8) is 0 Å². The molecule has 0 aliphatic carbocycles. The zero-order valence-electron chi connectivity index (χ0n) is 15.9. The Morgan fingerprint density at radius 3 is 2.80 bits per heavy atom. The van der Waals surface area contributed by atoms with Crippen LogP contribution in [-0.4, -0.2) is 59.0 Å². The van der Waals surface area contributed by atoms with E-state index >= 15 is 0 Å². The fourth-order valence-electron chi connectivity index (χ4n) is 3.34. The Morgan fingerprint density at radius 2 is 2.20 bits per heavy atom. The highest BCUT2D eigenvalue weighted by molar-refractivity contribution is 5.98. The summed E-state index contributed by atoms with van der Waals surface area (Å²) in [5.74, 6) is 0.387. The number of hydroxylamine groups is 1. The number of amidine groups is 1. The molecule has 0 fully saturated rings. The van der Waals surface area contributed by atoms with Gasteiger partial charge >= 0.3 is 0 Å². The average Bonchev–Trinajstić information content (AvgIpc) is 2.91. The molecule has 0 radical (unpaired) electrons. The molecule has 0 bridgehead atoms. The summed E-state index contributed by atoms with van der Waals surface area (Å²) in [4.78, 5) is 20.7. The van der Waals surface area contributed by atoms with Gasteiger partial charge in [-0.15, -0.1) is 0 Å². The molecule has 2 unspecified atom stereocenters. The first kappa shape index (κ1) is 19.4. The molecule has 6 heteroatoms. The maximum atomic E-state index is 11.2. The summed E-state index contributed by atoms with van der Waals surface area (Å²) < 4.78 is 0. The van der Waals surface area contributed by atoms with E-state index in [0.29, 0.717) is 6.04 Å². The minimum atomic E-state index is -0.545. The summed E-state index contributed by atoms with van der Waals surface area (Å²) in [6.07, 6.45) is 10.1. The van der Waals surface area contributed by atoms with E-state index in [0.717, 1.165) is 30.9 Å². The van der Waals surface area contributed by atoms with E-state index in [1.54, 1.807) is 11.6 Å². The van der Waals surface area contributed by atoms with Gasteiger partial charge in [0.1, 0.15) is 5.84 Å². The first-order chi connectivity index (χ1) is 11.8. The Kier molecular flexibility index (Phi) is 6.19. The molecule has 2 aliphatic rings. The van der Waals surface area contributed by atoms with Gasteiger partial charge in [-0.25, -0.2) is 5.48 Å². The van der Waals surface area contributed by atoms with Gasteiger partial charge in [0.2, 0.25) is 0 Å². The van der Waals surface area contributed by atoms with E-state index in [9.17, 15) is 4.79 Å². The number of rotatable bonds is 6. The van der Waals surface area contributed by atoms with Crippen LogP contribution in [0.4, 0.5) is 0 Å². The molecule has 138 valence electrons. The molecular weight excluding hydrogens is 316 g/mol. The molecule has 2 atom stereocenters. The van der Waals surface area contributed by atoms with Gasteiger partial charge in [-0.2, -0.15) is 0 Å². The quantitative estimate of drug-likeness (QED) is 0.440. The van der Waals surface area contributed by atoms with Crippen LogP contribution in [0.3, 0.4) is 0 Å². The van der Waals surface area contributed by atoms with Crippen molar-refractivity contribution in [2.45, 2.75) is 46.2 Å². The molecule has 1 amide bonds. The zero-order valence-corrected chi connectivity index (χ0v) is 15.9. The Balaban J connectivity index is 2.22. The molecule has 25 heavy (non-hydrogen) atoms. The maximum absolute atomic E-state index is 11.2. The summed E-state index contributed by atoms with van der Waals surface area (Å²) in [7, 11) is 2.16. The number of allylic oxidation sites excluding steroid dienone is 3. The number of nitrogens with zero attached hydrogens (tertiary/aromatic N) is 3. The number of likely N-dealkylation sites (N-methyl/N-ethyl adjacent to an activating group) is 1. The molecular formula is C19H30N4O2. The number of amides is 1. The van der Waals surface area contributed by atoms with Gasteiger partial charge in [-0.1, -0.05) is 27.7 Å². The first-order valence-electron chi connectivity index (χ1n) is 8.83. The summed E-state index contributed by atoms with van der Waals surface area (Å²) in [5.41, 5.74) is 2.54. The van der Waals surface area contributed by atoms with Crippen molar-refractivity contribution >= 4 is 11.7 Å². The summed E-state index contributed by atoms with van der Waals surface area (Å²) in [5, 5.41) is 8.58. The van der Waals surface area contributed by atoms with E-state index in [4.69, 9.17) is 10.2 Å². The monoisotopic (exact) mass is 346 g/mol. The Morgan fingerprint density at radius 1 is 1.48 bits per heavy atom. The third kappa shape index (κ3) is 4.80. The topological polar surface area (TPSA) is 68.2 Å². The van der Waals surface area contributed by atoms with Crippen LogP contribution in [0, 0.1) is 5.41 Å². The van der Waals surface area contributed by atoms with Gasteiger partial charge in [0.25, 0.3) is 5.91 Å². The number of hydrogen-bond acceptors (Lipinski definition) is 5. The number of carbonyl (C=O) groups excluding carboxylic acids is 1. The normalized spacial score (nSPS) is 23.1. The van der Waals surface area contributed by atoms with Crippen molar-refractivity contribution in [3.05, 3.63) is 36.1 Å². The van der Waals surface area contributed by atoms with Crippen LogP contribution in [0.25, 0.3) is 0 Å². The lowest BCUT2D eigenvalue weighted by Crippen LogP contribution is -2.48. The van der Waals surface area contributed by atoms with Crippen LogP contribution in [0.15, 0.2) is 41.1 Å². The standard InChI is InChI=1S/C19H30N4O2/c1-6-10-22(5)13-15-18(19(2,3)4)20-16-12-14(9-11-23(15)16)7-8-17(24)21-25/h7-9,11-12,15,18,25H,6,10,13H2,1-5H3,(H,21,24)/b8-7+. The van der Waals surface area contributed by atoms with Crippen LogP contribution in [0.5, 0.6) is 0 Å². The Bertz CT molecular complexity index is 613. The predicted octanol–water partition coefficient (Wildman–Crippen LogP) is 2.34. The third-order valence-electron chi connectivity index (χ3n) is 4.51. The number of fused-ring (bicyclic) bond motifs is 1. The van der Waals surface area contributed by atoms with Gasteiger partial charge in [0.05, 0.1) is 12.1 Å². The molecule has 6 nitrogen and oxygen atoms in total. The number of carbonyl (C=O) groups is 1. The van der Waals surface area contributed by atoms with Crippen LogP contribution in [0.1, 0.15) is 34.1 Å². The van der Waals surface area contributed by atoms with Crippen LogP contribution < -0.4 is 5.48 Å². The fourth-order valence-corrected chi connectivity index (χ4v) is 3.34. The largest absolute Gasteiger partial charge is 0.327 e. The van der Waals surface area contributed by atoms with E-state index in [2.05, 4.69) is 44.5 Å². The van der Waals surface area contributed by atoms with Gasteiger partial charge in [-0.05, 0) is 49.2 Å². The number of hydrogen-bond donors (Lipinski definition) is 2.